The van der Waals surface area contributed by atoms with Crippen molar-refractivity contribution in [2.24, 2.45) is 11.8 Å². The average molecular weight is 323 g/mol. The van der Waals surface area contributed by atoms with Crippen LogP contribution in [0.5, 0.6) is 0 Å². The first-order chi connectivity index (χ1) is 10.9. The number of carbonyl (C=O) groups is 1. The molecule has 2 heterocycles. The number of rotatable bonds is 5. The van der Waals surface area contributed by atoms with Crippen LogP contribution in [0.2, 0.25) is 0 Å². The highest BCUT2D eigenvalue weighted by Gasteiger charge is 2.56. The summed E-state index contributed by atoms with van der Waals surface area (Å²) in [5.41, 5.74) is 0.425. The number of ether oxygens (including phenoxy) is 1. The van der Waals surface area contributed by atoms with E-state index in [1.807, 2.05) is 27.0 Å². The van der Waals surface area contributed by atoms with Crippen LogP contribution in [0.4, 0.5) is 4.79 Å². The third kappa shape index (κ3) is 3.81. The molecule has 1 aliphatic heterocycles. The van der Waals surface area contributed by atoms with Gasteiger partial charge in [-0.15, -0.1) is 5.10 Å². The van der Waals surface area contributed by atoms with Crippen molar-refractivity contribution in [2.75, 3.05) is 19.7 Å². The van der Waals surface area contributed by atoms with Gasteiger partial charge in [0.25, 0.3) is 0 Å². The number of aliphatic hydroxyl groups is 1. The summed E-state index contributed by atoms with van der Waals surface area (Å²) in [6, 6.07) is 0.441. The molecule has 1 saturated carbocycles. The minimum absolute atomic E-state index is 0.0590. The molecule has 23 heavy (non-hydrogen) atoms. The fourth-order valence-electron chi connectivity index (χ4n) is 3.16. The Morgan fingerprint density at radius 2 is 2.13 bits per heavy atom. The lowest BCUT2D eigenvalue weighted by atomic mass is 10.2. The Balaban J connectivity index is 1.41. The highest BCUT2D eigenvalue weighted by molar-refractivity contribution is 5.69. The maximum atomic E-state index is 12.0. The first-order valence-electron chi connectivity index (χ1n) is 8.08. The number of hydrogen-bond acceptors (Lipinski definition) is 6. The zero-order chi connectivity index (χ0) is 16.6. The lowest BCUT2D eigenvalue weighted by Gasteiger charge is -2.26. The molecule has 1 aliphatic carbocycles. The second-order valence-corrected chi connectivity index (χ2v) is 7.32. The molecule has 0 radical (unpaired) electrons. The summed E-state index contributed by atoms with van der Waals surface area (Å²) in [4.78, 5) is 13.8. The summed E-state index contributed by atoms with van der Waals surface area (Å²) in [5, 5.41) is 20.4. The number of nitrogens with zero attached hydrogens (tertiary/aromatic N) is 4. The fraction of sp³-hybridized carbons (Fsp3) is 0.800. The molecule has 8 nitrogen and oxygen atoms in total. The molecule has 2 N–H and O–H groups in total. The maximum absolute atomic E-state index is 12.0. The summed E-state index contributed by atoms with van der Waals surface area (Å²) in [5.74, 6) is 1.02. The second kappa shape index (κ2) is 6.09. The highest BCUT2D eigenvalue weighted by Crippen LogP contribution is 2.45. The average Bonchev–Trinajstić information content (AvgIpc) is 2.82. The minimum atomic E-state index is -0.443. The number of aliphatic hydroxyl groups excluding tert-OH is 1. The predicted molar refractivity (Wildman–Crippen MR) is 82.5 cm³/mol. The number of amides is 1. The van der Waals surface area contributed by atoms with Crippen LogP contribution in [-0.2, 0) is 17.8 Å². The van der Waals surface area contributed by atoms with E-state index in [2.05, 4.69) is 15.6 Å². The zero-order valence-electron chi connectivity index (χ0n) is 13.9. The van der Waals surface area contributed by atoms with Gasteiger partial charge in [0.1, 0.15) is 5.60 Å². The Hall–Kier alpha value is -1.67. The van der Waals surface area contributed by atoms with Crippen molar-refractivity contribution in [2.45, 2.75) is 45.5 Å². The molecule has 2 aliphatic rings. The molecule has 1 aromatic heterocycles. The Morgan fingerprint density at radius 1 is 1.43 bits per heavy atom. The molecule has 0 aromatic carbocycles. The third-order valence-electron chi connectivity index (χ3n) is 4.28. The third-order valence-corrected chi connectivity index (χ3v) is 4.28. The van der Waals surface area contributed by atoms with Gasteiger partial charge in [0.05, 0.1) is 18.8 Å². The summed E-state index contributed by atoms with van der Waals surface area (Å²) in [6.45, 7) is 8.36. The summed E-state index contributed by atoms with van der Waals surface area (Å²) < 4.78 is 7.04. The number of carbonyl (C=O) groups excluding carboxylic acids is 1. The number of hydrogen-bond donors (Lipinski definition) is 2. The van der Waals surface area contributed by atoms with Crippen molar-refractivity contribution in [1.82, 2.24) is 25.2 Å². The van der Waals surface area contributed by atoms with E-state index in [4.69, 9.17) is 9.84 Å². The van der Waals surface area contributed by atoms with Gasteiger partial charge in [-0.05, 0) is 32.6 Å². The highest BCUT2D eigenvalue weighted by atomic mass is 16.6. The van der Waals surface area contributed by atoms with Crippen LogP contribution in [0.3, 0.4) is 0 Å². The number of fused-ring (bicyclic) bond motifs is 1. The van der Waals surface area contributed by atoms with Gasteiger partial charge in [0.2, 0.25) is 0 Å². The molecule has 0 bridgehead atoms. The van der Waals surface area contributed by atoms with E-state index in [0.717, 1.165) is 18.8 Å². The van der Waals surface area contributed by atoms with Crippen molar-refractivity contribution in [3.05, 3.63) is 11.9 Å². The normalized spacial score (nSPS) is 26.3. The van der Waals surface area contributed by atoms with E-state index in [9.17, 15) is 4.79 Å². The van der Waals surface area contributed by atoms with Crippen molar-refractivity contribution in [1.29, 1.82) is 0 Å². The lowest BCUT2D eigenvalue weighted by Crippen LogP contribution is -2.39. The maximum Gasteiger partial charge on any atom is 0.410 e. The monoisotopic (exact) mass is 323 g/mol. The Labute approximate surface area is 135 Å². The molecule has 2 atom stereocenters. The van der Waals surface area contributed by atoms with Crippen LogP contribution in [0.25, 0.3) is 0 Å². The van der Waals surface area contributed by atoms with Crippen LogP contribution in [0.1, 0.15) is 26.5 Å². The summed E-state index contributed by atoms with van der Waals surface area (Å²) in [7, 11) is 0. The van der Waals surface area contributed by atoms with Gasteiger partial charge in [-0.25, -0.2) is 9.48 Å². The van der Waals surface area contributed by atoms with Gasteiger partial charge in [-0.1, -0.05) is 5.21 Å². The van der Waals surface area contributed by atoms with Crippen LogP contribution >= 0.6 is 0 Å². The standard InChI is InChI=1S/C15H25N5O3/c1-15(2,3)23-14(22)19-8-11-12(9-19)13(11)16-6-10-7-20(4-5-21)18-17-10/h7,11-13,16,21H,4-6,8-9H2,1-3H3. The molecule has 3 rings (SSSR count). The first kappa shape index (κ1) is 16.2. The predicted octanol–water partition coefficient (Wildman–Crippen LogP) is 0.225. The summed E-state index contributed by atoms with van der Waals surface area (Å²) in [6.07, 6.45) is 1.63. The van der Waals surface area contributed by atoms with Crippen LogP contribution in [-0.4, -0.2) is 62.4 Å². The first-order valence-corrected chi connectivity index (χ1v) is 8.08. The van der Waals surface area contributed by atoms with Crippen LogP contribution in [0, 0.1) is 11.8 Å². The number of likely N-dealkylation sites (tertiary alicyclic amines) is 1. The molecule has 1 saturated heterocycles. The van der Waals surface area contributed by atoms with Gasteiger partial charge in [0.15, 0.2) is 0 Å². The molecule has 8 heteroatoms. The lowest BCUT2D eigenvalue weighted by molar-refractivity contribution is 0.0269. The van der Waals surface area contributed by atoms with E-state index in [-0.39, 0.29) is 12.7 Å². The SMILES string of the molecule is CC(C)(C)OC(=O)N1CC2C(C1)C2NCc1cn(CCO)nn1. The molecule has 128 valence electrons. The van der Waals surface area contributed by atoms with E-state index in [1.165, 1.54) is 0 Å². The summed E-state index contributed by atoms with van der Waals surface area (Å²) >= 11 is 0. The van der Waals surface area contributed by atoms with Crippen molar-refractivity contribution < 1.29 is 14.6 Å². The van der Waals surface area contributed by atoms with E-state index < -0.39 is 5.60 Å². The Morgan fingerprint density at radius 3 is 2.74 bits per heavy atom. The van der Waals surface area contributed by atoms with E-state index in [0.29, 0.717) is 31.0 Å². The van der Waals surface area contributed by atoms with Crippen LogP contribution < -0.4 is 5.32 Å². The van der Waals surface area contributed by atoms with E-state index >= 15 is 0 Å². The molecule has 1 aromatic rings. The number of nitrogens with one attached hydrogen (secondary N) is 1. The van der Waals surface area contributed by atoms with Crippen molar-refractivity contribution in [3.63, 3.8) is 0 Å². The van der Waals surface area contributed by atoms with Gasteiger partial charge in [-0.3, -0.25) is 0 Å². The van der Waals surface area contributed by atoms with Crippen LogP contribution in [0.15, 0.2) is 6.20 Å². The fourth-order valence-corrected chi connectivity index (χ4v) is 3.16. The largest absolute Gasteiger partial charge is 0.444 e. The Kier molecular flexibility index (Phi) is 4.29. The van der Waals surface area contributed by atoms with Gasteiger partial charge >= 0.3 is 6.09 Å². The topological polar surface area (TPSA) is 92.5 Å². The molecular weight excluding hydrogens is 298 g/mol. The molecule has 1 amide bonds. The molecule has 0 spiro atoms. The number of aromatic nitrogens is 3. The van der Waals surface area contributed by atoms with Gasteiger partial charge in [0, 0.05) is 31.9 Å². The minimum Gasteiger partial charge on any atom is -0.444 e. The van der Waals surface area contributed by atoms with E-state index in [1.54, 1.807) is 9.58 Å². The molecule has 2 fully saturated rings. The smallest absolute Gasteiger partial charge is 0.410 e. The second-order valence-electron chi connectivity index (χ2n) is 7.32. The van der Waals surface area contributed by atoms with Crippen molar-refractivity contribution >= 4 is 6.09 Å². The van der Waals surface area contributed by atoms with Crippen molar-refractivity contribution in [3.8, 4) is 0 Å². The quantitative estimate of drug-likeness (QED) is 0.805. The Bertz CT molecular complexity index is 556. The molecular formula is C15H25N5O3. The van der Waals surface area contributed by atoms with Gasteiger partial charge in [-0.2, -0.15) is 0 Å². The number of piperidine rings is 1. The zero-order valence-corrected chi connectivity index (χ0v) is 13.9. The van der Waals surface area contributed by atoms with Gasteiger partial charge < -0.3 is 20.1 Å². The molecule has 2 unspecified atom stereocenters.